The summed E-state index contributed by atoms with van der Waals surface area (Å²) in [5.41, 5.74) is 5.67. The molecule has 7 rings (SSSR count). The van der Waals surface area contributed by atoms with Crippen molar-refractivity contribution in [1.29, 1.82) is 0 Å². The fourth-order valence-corrected chi connectivity index (χ4v) is 5.26. The third-order valence-corrected chi connectivity index (χ3v) is 7.42. The summed E-state index contributed by atoms with van der Waals surface area (Å²) in [4.78, 5) is 23.2. The Morgan fingerprint density at radius 1 is 0.925 bits per heavy atom. The molecule has 1 saturated heterocycles. The first kappa shape index (κ1) is 24.5. The number of aromatic nitrogens is 7. The van der Waals surface area contributed by atoms with Crippen LogP contribution in [0.4, 0.5) is 10.1 Å². The fraction of sp³-hybridized carbons (Fsp3) is 0.207. The Kier molecular flexibility index (Phi) is 6.24. The van der Waals surface area contributed by atoms with Crippen molar-refractivity contribution in [1.82, 2.24) is 34.7 Å². The number of piperidine rings is 1. The van der Waals surface area contributed by atoms with Crippen LogP contribution in [0, 0.1) is 5.82 Å². The van der Waals surface area contributed by atoms with E-state index in [4.69, 9.17) is 21.3 Å². The van der Waals surface area contributed by atoms with Crippen molar-refractivity contribution in [2.75, 3.05) is 18.0 Å². The van der Waals surface area contributed by atoms with Crippen molar-refractivity contribution in [3.8, 4) is 22.8 Å². The lowest BCUT2D eigenvalue weighted by molar-refractivity contribution is 0.367. The van der Waals surface area contributed by atoms with Gasteiger partial charge in [-0.15, -0.1) is 11.6 Å². The quantitative estimate of drug-likeness (QED) is 0.242. The van der Waals surface area contributed by atoms with Crippen molar-refractivity contribution < 1.29 is 9.13 Å². The highest BCUT2D eigenvalue weighted by Gasteiger charge is 2.22. The molecule has 0 spiro atoms. The Bertz CT molecular complexity index is 1830. The van der Waals surface area contributed by atoms with Crippen LogP contribution in [0.1, 0.15) is 24.7 Å². The molecular weight excluding hydrogens is 531 g/mol. The second-order valence-corrected chi connectivity index (χ2v) is 10.1. The van der Waals surface area contributed by atoms with E-state index >= 15 is 0 Å². The van der Waals surface area contributed by atoms with Gasteiger partial charge in [0.05, 0.1) is 70.2 Å². The molecule has 0 aliphatic carbocycles. The van der Waals surface area contributed by atoms with E-state index in [-0.39, 0.29) is 11.9 Å². The van der Waals surface area contributed by atoms with E-state index in [0.717, 1.165) is 70.8 Å². The zero-order valence-corrected chi connectivity index (χ0v) is 22.1. The second-order valence-electron chi connectivity index (χ2n) is 9.79. The highest BCUT2D eigenvalue weighted by Crippen LogP contribution is 2.30. The first-order valence-corrected chi connectivity index (χ1v) is 13.5. The number of benzene rings is 2. The number of anilines is 1. The number of fused-ring (bicyclic) bond motifs is 2. The third kappa shape index (κ3) is 4.82. The van der Waals surface area contributed by atoms with Gasteiger partial charge in [0.2, 0.25) is 0 Å². The van der Waals surface area contributed by atoms with Gasteiger partial charge in [-0.25, -0.2) is 14.4 Å². The first-order chi connectivity index (χ1) is 19.6. The molecular formula is C29H24ClFN8O. The molecule has 4 aromatic heterocycles. The molecule has 0 radical (unpaired) electrons. The zero-order chi connectivity index (χ0) is 27.1. The van der Waals surface area contributed by atoms with Crippen LogP contribution in [0.3, 0.4) is 0 Å². The van der Waals surface area contributed by atoms with Crippen LogP contribution < -0.4 is 9.64 Å². The highest BCUT2D eigenvalue weighted by molar-refractivity contribution is 6.16. The second kappa shape index (κ2) is 10.2. The molecule has 0 unspecified atom stereocenters. The maximum Gasteiger partial charge on any atom is 0.143 e. The molecule has 1 fully saturated rings. The normalized spacial score (nSPS) is 14.3. The van der Waals surface area contributed by atoms with E-state index in [1.807, 2.05) is 53.5 Å². The fourth-order valence-electron chi connectivity index (χ4n) is 5.13. The average molecular weight is 555 g/mol. The van der Waals surface area contributed by atoms with Crippen molar-refractivity contribution in [2.24, 2.45) is 0 Å². The number of alkyl halides is 1. The molecule has 0 saturated carbocycles. The number of nitrogens with one attached hydrogen (secondary N) is 1. The van der Waals surface area contributed by atoms with E-state index < -0.39 is 0 Å². The number of rotatable bonds is 6. The zero-order valence-electron chi connectivity index (χ0n) is 21.3. The molecule has 1 aliphatic heterocycles. The predicted molar refractivity (Wildman–Crippen MR) is 151 cm³/mol. The number of halogens is 2. The van der Waals surface area contributed by atoms with E-state index in [0.29, 0.717) is 17.4 Å². The highest BCUT2D eigenvalue weighted by atomic mass is 35.5. The van der Waals surface area contributed by atoms with Crippen LogP contribution >= 0.6 is 11.6 Å². The number of H-pyrrole nitrogens is 1. The number of aromatic amines is 1. The number of hydrogen-bond acceptors (Lipinski definition) is 7. The van der Waals surface area contributed by atoms with Crippen LogP contribution in [-0.4, -0.2) is 47.8 Å². The number of nitrogens with zero attached hydrogens (tertiary/aromatic N) is 7. The molecule has 11 heteroatoms. The summed E-state index contributed by atoms with van der Waals surface area (Å²) in [5.74, 6) is 2.07. The van der Waals surface area contributed by atoms with Gasteiger partial charge in [0.1, 0.15) is 23.1 Å². The van der Waals surface area contributed by atoms with Crippen molar-refractivity contribution in [3.05, 3.63) is 85.1 Å². The number of pyridine rings is 1. The lowest BCUT2D eigenvalue weighted by atomic mass is 10.0. The van der Waals surface area contributed by atoms with E-state index in [1.165, 1.54) is 12.3 Å². The minimum Gasteiger partial charge on any atom is -0.457 e. The van der Waals surface area contributed by atoms with Crippen LogP contribution in [0.2, 0.25) is 0 Å². The summed E-state index contributed by atoms with van der Waals surface area (Å²) in [6.07, 6.45) is 10.4. The topological polar surface area (TPSA) is 97.6 Å². The van der Waals surface area contributed by atoms with Crippen molar-refractivity contribution in [3.63, 3.8) is 0 Å². The molecule has 0 bridgehead atoms. The van der Waals surface area contributed by atoms with Gasteiger partial charge < -0.3 is 14.6 Å². The number of ether oxygens (including phenoxy) is 1. The standard InChI is InChI=1S/C29H24ClFN8O/c30-12-29-36-25-4-2-23(11-27(25)37-29)40-22-1-3-24-26(10-22)35-28(16-33-24)18-13-34-39(17-18)20-5-7-38(8-6-20)21-9-19(31)14-32-15-21/h1-4,9-11,13-17,20H,5-8,12H2,(H,36,37). The first-order valence-electron chi connectivity index (χ1n) is 13.0. The number of hydrogen-bond donors (Lipinski definition) is 1. The summed E-state index contributed by atoms with van der Waals surface area (Å²) in [6.45, 7) is 1.62. The largest absolute Gasteiger partial charge is 0.457 e. The lowest BCUT2D eigenvalue weighted by Gasteiger charge is -2.33. The minimum absolute atomic E-state index is 0.257. The summed E-state index contributed by atoms with van der Waals surface area (Å²) in [5, 5.41) is 4.63. The number of imidazole rings is 1. The molecule has 200 valence electrons. The van der Waals surface area contributed by atoms with Crippen LogP contribution in [0.5, 0.6) is 11.5 Å². The molecule has 0 atom stereocenters. The predicted octanol–water partition coefficient (Wildman–Crippen LogP) is 6.28. The summed E-state index contributed by atoms with van der Waals surface area (Å²) in [7, 11) is 0. The summed E-state index contributed by atoms with van der Waals surface area (Å²) < 4.78 is 21.7. The Balaban J connectivity index is 1.07. The van der Waals surface area contributed by atoms with Crippen LogP contribution in [-0.2, 0) is 5.88 Å². The lowest BCUT2D eigenvalue weighted by Crippen LogP contribution is -2.34. The molecule has 9 nitrogen and oxygen atoms in total. The van der Waals surface area contributed by atoms with E-state index in [2.05, 4.69) is 29.9 Å². The Hall–Kier alpha value is -4.57. The van der Waals surface area contributed by atoms with Crippen molar-refractivity contribution in [2.45, 2.75) is 24.8 Å². The van der Waals surface area contributed by atoms with Crippen LogP contribution in [0.15, 0.2) is 73.4 Å². The van der Waals surface area contributed by atoms with E-state index in [1.54, 1.807) is 12.4 Å². The average Bonchev–Trinajstić information content (AvgIpc) is 3.64. The van der Waals surface area contributed by atoms with Gasteiger partial charge in [0, 0.05) is 43.0 Å². The molecule has 6 aromatic rings. The summed E-state index contributed by atoms with van der Waals surface area (Å²) >= 11 is 5.89. The van der Waals surface area contributed by atoms with Gasteiger partial charge in [-0.2, -0.15) is 5.10 Å². The Labute approximate surface area is 233 Å². The van der Waals surface area contributed by atoms with Crippen molar-refractivity contribution >= 4 is 39.4 Å². The van der Waals surface area contributed by atoms with Gasteiger partial charge in [0.25, 0.3) is 0 Å². The van der Waals surface area contributed by atoms with Gasteiger partial charge in [-0.1, -0.05) is 0 Å². The third-order valence-electron chi connectivity index (χ3n) is 7.17. The van der Waals surface area contributed by atoms with Gasteiger partial charge in [-0.3, -0.25) is 14.6 Å². The maximum absolute atomic E-state index is 13.6. The van der Waals surface area contributed by atoms with Gasteiger partial charge >= 0.3 is 0 Å². The van der Waals surface area contributed by atoms with Gasteiger partial charge in [-0.05, 0) is 37.1 Å². The minimum atomic E-state index is -0.316. The summed E-state index contributed by atoms with van der Waals surface area (Å²) in [6, 6.07) is 13.1. The molecule has 1 N–H and O–H groups in total. The van der Waals surface area contributed by atoms with Gasteiger partial charge in [0.15, 0.2) is 0 Å². The molecule has 40 heavy (non-hydrogen) atoms. The molecule has 2 aromatic carbocycles. The Morgan fingerprint density at radius 2 is 1.75 bits per heavy atom. The van der Waals surface area contributed by atoms with E-state index in [9.17, 15) is 4.39 Å². The molecule has 1 aliphatic rings. The maximum atomic E-state index is 13.6. The Morgan fingerprint density at radius 3 is 2.58 bits per heavy atom. The van der Waals surface area contributed by atoms with Crippen LogP contribution in [0.25, 0.3) is 33.3 Å². The molecule has 0 amide bonds. The SMILES string of the molecule is Fc1cncc(N2CCC(n3cc(-c4cnc5ccc(Oc6ccc7nc(CCl)[nH]c7c6)cc5n4)cn3)CC2)c1. The monoisotopic (exact) mass is 554 g/mol. The smallest absolute Gasteiger partial charge is 0.143 e. The molecule has 5 heterocycles.